The average Bonchev–Trinajstić information content (AvgIpc) is 3.33. The maximum Gasteiger partial charge on any atom is 0.192 e. The van der Waals surface area contributed by atoms with Crippen LogP contribution in [0, 0.1) is 3.70 Å². The monoisotopic (exact) mass is 552 g/mol. The van der Waals surface area contributed by atoms with Gasteiger partial charge in [0.25, 0.3) is 0 Å². The van der Waals surface area contributed by atoms with Crippen LogP contribution in [0.2, 0.25) is 18.1 Å². The van der Waals surface area contributed by atoms with Gasteiger partial charge in [0.05, 0.1) is 24.9 Å². The van der Waals surface area contributed by atoms with Gasteiger partial charge in [-0.3, -0.25) is 4.68 Å². The summed E-state index contributed by atoms with van der Waals surface area (Å²) >= 11 is 2.32. The molecule has 3 heterocycles. The molecular formula is C23H33IN4O2Si. The Morgan fingerprint density at radius 1 is 1.23 bits per heavy atom. The number of hydrogen-bond acceptors (Lipinski definition) is 4. The van der Waals surface area contributed by atoms with E-state index in [0.29, 0.717) is 6.61 Å². The third-order valence-electron chi connectivity index (χ3n) is 6.66. The van der Waals surface area contributed by atoms with Gasteiger partial charge in [-0.05, 0) is 77.7 Å². The van der Waals surface area contributed by atoms with Gasteiger partial charge in [-0.15, -0.1) is 0 Å². The second kappa shape index (κ2) is 8.96. The zero-order valence-electron chi connectivity index (χ0n) is 19.2. The summed E-state index contributed by atoms with van der Waals surface area (Å²) in [6.45, 7) is 13.7. The van der Waals surface area contributed by atoms with Crippen LogP contribution in [0.3, 0.4) is 0 Å². The van der Waals surface area contributed by atoms with E-state index in [1.54, 1.807) is 0 Å². The molecule has 31 heavy (non-hydrogen) atoms. The Morgan fingerprint density at radius 2 is 2.03 bits per heavy atom. The Kier molecular flexibility index (Phi) is 6.63. The summed E-state index contributed by atoms with van der Waals surface area (Å²) in [7, 11) is -1.76. The van der Waals surface area contributed by atoms with Crippen LogP contribution >= 0.6 is 22.6 Å². The fourth-order valence-corrected chi connectivity index (χ4v) is 5.42. The van der Waals surface area contributed by atoms with Gasteiger partial charge >= 0.3 is 0 Å². The molecule has 0 saturated carbocycles. The van der Waals surface area contributed by atoms with Gasteiger partial charge in [-0.1, -0.05) is 26.8 Å². The lowest BCUT2D eigenvalue weighted by Gasteiger charge is -2.36. The van der Waals surface area contributed by atoms with Crippen LogP contribution in [0.1, 0.15) is 46.3 Å². The maximum absolute atomic E-state index is 6.39. The molecule has 0 spiro atoms. The molecule has 1 aliphatic heterocycles. The third-order valence-corrected chi connectivity index (χ3v) is 12.0. The predicted molar refractivity (Wildman–Crippen MR) is 136 cm³/mol. The molecule has 1 aliphatic rings. The molecule has 1 saturated heterocycles. The number of aromatic nitrogens is 4. The average molecular weight is 553 g/mol. The number of benzene rings is 1. The number of rotatable bonds is 6. The third kappa shape index (κ3) is 4.91. The second-order valence-electron chi connectivity index (χ2n) is 9.88. The highest BCUT2D eigenvalue weighted by molar-refractivity contribution is 14.1. The van der Waals surface area contributed by atoms with Crippen LogP contribution < -0.4 is 0 Å². The molecule has 6 nitrogen and oxygen atoms in total. The first-order valence-corrected chi connectivity index (χ1v) is 15.1. The van der Waals surface area contributed by atoms with Gasteiger partial charge in [0, 0.05) is 23.8 Å². The lowest BCUT2D eigenvalue weighted by molar-refractivity contribution is -0.0394. The van der Waals surface area contributed by atoms with Gasteiger partial charge in [0.15, 0.2) is 8.32 Å². The van der Waals surface area contributed by atoms with Crippen molar-refractivity contribution in [3.05, 3.63) is 34.3 Å². The Labute approximate surface area is 199 Å². The van der Waals surface area contributed by atoms with Crippen molar-refractivity contribution in [3.63, 3.8) is 0 Å². The van der Waals surface area contributed by atoms with Crippen LogP contribution in [0.5, 0.6) is 0 Å². The molecule has 1 atom stereocenters. The van der Waals surface area contributed by atoms with Crippen molar-refractivity contribution in [3.8, 4) is 11.1 Å². The SMILES string of the molecule is CC(C)(C)[Si](C)(C)OCCn1nc(I)c2ccc(-c3cnn(C4CCCCO4)c3)cc21. The topological polar surface area (TPSA) is 54.1 Å². The van der Waals surface area contributed by atoms with Crippen LogP contribution in [-0.4, -0.2) is 41.1 Å². The molecular weight excluding hydrogens is 519 g/mol. The lowest BCUT2D eigenvalue weighted by Crippen LogP contribution is -2.41. The standard InChI is InChI=1S/C23H33IN4O2Si/c1-23(2,3)31(4,5)30-13-11-27-20-14-17(9-10-19(20)22(24)26-27)18-15-25-28(16-18)21-8-6-7-12-29-21/h9-10,14-16,21H,6-8,11-13H2,1-5H3. The highest BCUT2D eigenvalue weighted by atomic mass is 127. The fraction of sp³-hybridized carbons (Fsp3) is 0.565. The highest BCUT2D eigenvalue weighted by Crippen LogP contribution is 2.36. The molecule has 2 aromatic heterocycles. The Balaban J connectivity index is 1.54. The van der Waals surface area contributed by atoms with Crippen LogP contribution in [-0.2, 0) is 15.7 Å². The van der Waals surface area contributed by atoms with Crippen molar-refractivity contribution in [1.82, 2.24) is 19.6 Å². The molecule has 168 valence electrons. The van der Waals surface area contributed by atoms with E-state index in [4.69, 9.17) is 14.3 Å². The van der Waals surface area contributed by atoms with Crippen LogP contribution in [0.25, 0.3) is 22.0 Å². The van der Waals surface area contributed by atoms with Crippen molar-refractivity contribution in [2.75, 3.05) is 13.2 Å². The molecule has 0 N–H and O–H groups in total. The normalized spacial score (nSPS) is 18.1. The first-order valence-electron chi connectivity index (χ1n) is 11.1. The molecule has 4 rings (SSSR count). The van der Waals surface area contributed by atoms with Crippen molar-refractivity contribution in [1.29, 1.82) is 0 Å². The minimum absolute atomic E-state index is 0.0604. The second-order valence-corrected chi connectivity index (χ2v) is 15.7. The molecule has 0 bridgehead atoms. The lowest BCUT2D eigenvalue weighted by atomic mass is 10.1. The van der Waals surface area contributed by atoms with Crippen molar-refractivity contribution in [2.24, 2.45) is 0 Å². The molecule has 0 radical (unpaired) electrons. The van der Waals surface area contributed by atoms with Crippen molar-refractivity contribution < 1.29 is 9.16 Å². The number of halogens is 1. The molecule has 3 aromatic rings. The zero-order valence-corrected chi connectivity index (χ0v) is 22.3. The van der Waals surface area contributed by atoms with E-state index in [1.165, 1.54) is 11.8 Å². The molecule has 0 aliphatic carbocycles. The largest absolute Gasteiger partial charge is 0.415 e. The molecule has 1 unspecified atom stereocenters. The van der Waals surface area contributed by atoms with Crippen LogP contribution in [0.15, 0.2) is 30.6 Å². The van der Waals surface area contributed by atoms with Gasteiger partial charge in [0.1, 0.15) is 9.93 Å². The van der Waals surface area contributed by atoms with E-state index in [9.17, 15) is 0 Å². The van der Waals surface area contributed by atoms with E-state index in [-0.39, 0.29) is 11.3 Å². The summed E-state index contributed by atoms with van der Waals surface area (Å²) < 4.78 is 17.3. The van der Waals surface area contributed by atoms with Gasteiger partial charge < -0.3 is 9.16 Å². The summed E-state index contributed by atoms with van der Waals surface area (Å²) in [6, 6.07) is 6.55. The number of fused-ring (bicyclic) bond motifs is 1. The van der Waals surface area contributed by atoms with Crippen molar-refractivity contribution in [2.45, 2.75) is 70.9 Å². The minimum atomic E-state index is -1.76. The van der Waals surface area contributed by atoms with Crippen LogP contribution in [0.4, 0.5) is 0 Å². The van der Waals surface area contributed by atoms with E-state index >= 15 is 0 Å². The number of hydrogen-bond donors (Lipinski definition) is 0. The Bertz CT molecular complexity index is 1050. The van der Waals surface area contributed by atoms with E-state index in [2.05, 4.69) is 90.6 Å². The zero-order chi connectivity index (χ0) is 22.2. The summed E-state index contributed by atoms with van der Waals surface area (Å²) in [5, 5.41) is 10.8. The Hall–Kier alpha value is -1.23. The van der Waals surface area contributed by atoms with Gasteiger partial charge in [-0.25, -0.2) is 4.68 Å². The molecule has 8 heteroatoms. The number of nitrogens with zero attached hydrogens (tertiary/aromatic N) is 4. The molecule has 1 fully saturated rings. The van der Waals surface area contributed by atoms with Gasteiger partial charge in [-0.2, -0.15) is 10.2 Å². The predicted octanol–water partition coefficient (Wildman–Crippen LogP) is 6.23. The smallest absolute Gasteiger partial charge is 0.192 e. The first-order chi connectivity index (χ1) is 14.7. The summed E-state index contributed by atoms with van der Waals surface area (Å²) in [4.78, 5) is 0. The molecule has 0 amide bonds. The van der Waals surface area contributed by atoms with Gasteiger partial charge in [0.2, 0.25) is 0 Å². The summed E-state index contributed by atoms with van der Waals surface area (Å²) in [6.07, 6.45) is 7.46. The summed E-state index contributed by atoms with van der Waals surface area (Å²) in [5.74, 6) is 0. The molecule has 1 aromatic carbocycles. The number of ether oxygens (including phenoxy) is 1. The Morgan fingerprint density at radius 3 is 2.74 bits per heavy atom. The quantitative estimate of drug-likeness (QED) is 0.269. The highest BCUT2D eigenvalue weighted by Gasteiger charge is 2.36. The van der Waals surface area contributed by atoms with E-state index in [1.807, 2.05) is 10.9 Å². The van der Waals surface area contributed by atoms with Crippen molar-refractivity contribution >= 4 is 41.8 Å². The maximum atomic E-state index is 6.39. The minimum Gasteiger partial charge on any atom is -0.415 e. The first kappa shape index (κ1) is 22.9. The fourth-order valence-electron chi connectivity index (χ4n) is 3.66. The summed E-state index contributed by atoms with van der Waals surface area (Å²) in [5.41, 5.74) is 3.40. The van der Waals surface area contributed by atoms with E-state index < -0.39 is 8.32 Å². The van der Waals surface area contributed by atoms with E-state index in [0.717, 1.165) is 46.3 Å².